The second-order valence-corrected chi connectivity index (χ2v) is 8.69. The number of carbonyl (C=O) groups excluding carboxylic acids is 2. The zero-order valence-corrected chi connectivity index (χ0v) is 17.8. The Balaban J connectivity index is 1.67. The lowest BCUT2D eigenvalue weighted by atomic mass is 9.74. The van der Waals surface area contributed by atoms with Gasteiger partial charge >= 0.3 is 0 Å². The summed E-state index contributed by atoms with van der Waals surface area (Å²) in [5, 5.41) is 13.5. The highest BCUT2D eigenvalue weighted by atomic mass is 79.9. The normalized spacial score (nSPS) is 17.3. The maximum atomic E-state index is 13.7. The fourth-order valence-corrected chi connectivity index (χ4v) is 5.17. The van der Waals surface area contributed by atoms with E-state index in [0.29, 0.717) is 24.2 Å². The lowest BCUT2D eigenvalue weighted by molar-refractivity contribution is -0.123. The molecule has 0 unspecified atom stereocenters. The Labute approximate surface area is 182 Å². The summed E-state index contributed by atoms with van der Waals surface area (Å²) in [4.78, 5) is 28.8. The van der Waals surface area contributed by atoms with Gasteiger partial charge in [-0.15, -0.1) is 0 Å². The van der Waals surface area contributed by atoms with Crippen molar-refractivity contribution in [1.82, 2.24) is 9.88 Å². The Bertz CT molecular complexity index is 1230. The Morgan fingerprint density at radius 1 is 1.17 bits per heavy atom. The van der Waals surface area contributed by atoms with Crippen molar-refractivity contribution in [2.24, 2.45) is 0 Å². The summed E-state index contributed by atoms with van der Waals surface area (Å²) < 4.78 is 2.58. The number of carbonyl (C=O) groups is 2. The van der Waals surface area contributed by atoms with Crippen molar-refractivity contribution in [1.29, 1.82) is 5.26 Å². The van der Waals surface area contributed by atoms with Crippen LogP contribution in [0.25, 0.3) is 10.9 Å². The van der Waals surface area contributed by atoms with Gasteiger partial charge in [0.2, 0.25) is 5.91 Å². The quantitative estimate of drug-likeness (QED) is 0.588. The number of anilines is 1. The van der Waals surface area contributed by atoms with Crippen molar-refractivity contribution in [3.05, 3.63) is 64.3 Å². The van der Waals surface area contributed by atoms with Gasteiger partial charge in [0.15, 0.2) is 0 Å². The van der Waals surface area contributed by atoms with Crippen LogP contribution in [0.4, 0.5) is 5.69 Å². The second kappa shape index (κ2) is 7.08. The maximum Gasteiger partial charge on any atom is 0.281 e. The minimum atomic E-state index is -0.688. The van der Waals surface area contributed by atoms with Gasteiger partial charge in [0.25, 0.3) is 5.91 Å². The number of nitrogens with zero attached hydrogens (tertiary/aromatic N) is 3. The number of imide groups is 1. The van der Waals surface area contributed by atoms with Crippen LogP contribution in [-0.4, -0.2) is 29.5 Å². The van der Waals surface area contributed by atoms with E-state index in [9.17, 15) is 14.9 Å². The topological polar surface area (TPSA) is 78.1 Å². The van der Waals surface area contributed by atoms with Gasteiger partial charge in [-0.1, -0.05) is 34.1 Å². The third-order valence-electron chi connectivity index (χ3n) is 6.25. The van der Waals surface area contributed by atoms with Crippen LogP contribution in [0, 0.1) is 11.3 Å². The smallest absolute Gasteiger partial charge is 0.281 e. The highest BCUT2D eigenvalue weighted by Gasteiger charge is 2.53. The first-order valence-electron chi connectivity index (χ1n) is 9.92. The third-order valence-corrected chi connectivity index (χ3v) is 6.74. The molecule has 1 fully saturated rings. The fourth-order valence-electron chi connectivity index (χ4n) is 4.81. The molecular formula is C23H19BrN4O2. The van der Waals surface area contributed by atoms with Gasteiger partial charge in [-0.25, -0.2) is 4.90 Å². The van der Waals surface area contributed by atoms with Crippen LogP contribution in [0.15, 0.2) is 53.0 Å². The number of rotatable bonds is 2. The molecule has 6 nitrogen and oxygen atoms in total. The largest absolute Gasteiger partial charge is 0.322 e. The Kier molecular flexibility index (Phi) is 4.49. The molecule has 5 rings (SSSR count). The minimum absolute atomic E-state index is 0.0406. The van der Waals surface area contributed by atoms with Gasteiger partial charge < -0.3 is 9.88 Å². The molecule has 0 atom stereocenters. The van der Waals surface area contributed by atoms with E-state index in [1.54, 1.807) is 10.6 Å². The number of nitriles is 1. The SMILES string of the molecule is N#CCn1c(C(=O)N2C(=O)C3(CCNCC3)c3cc(Br)ccc32)cc2ccccc21. The van der Waals surface area contributed by atoms with Crippen molar-refractivity contribution in [3.8, 4) is 6.07 Å². The molecule has 0 radical (unpaired) electrons. The van der Waals surface area contributed by atoms with Gasteiger partial charge in [0, 0.05) is 15.4 Å². The number of benzene rings is 2. The van der Waals surface area contributed by atoms with E-state index in [1.807, 2.05) is 42.5 Å². The highest BCUT2D eigenvalue weighted by Crippen LogP contribution is 2.48. The monoisotopic (exact) mass is 462 g/mol. The number of halogens is 1. The van der Waals surface area contributed by atoms with Crippen molar-refractivity contribution in [2.45, 2.75) is 24.8 Å². The lowest BCUT2D eigenvalue weighted by Gasteiger charge is -2.32. The van der Waals surface area contributed by atoms with Gasteiger partial charge in [-0.2, -0.15) is 5.26 Å². The van der Waals surface area contributed by atoms with E-state index in [4.69, 9.17) is 0 Å². The van der Waals surface area contributed by atoms with E-state index in [1.165, 1.54) is 4.90 Å². The standard InChI is InChI=1S/C23H19BrN4O2/c24-16-5-6-19-17(14-16)23(7-10-26-11-8-23)22(30)28(19)21(29)20-13-15-3-1-2-4-18(15)27(20)12-9-25/h1-6,13-14,26H,7-8,10-12H2. The first-order chi connectivity index (χ1) is 14.6. The number of para-hydroxylation sites is 1. The molecule has 0 saturated carbocycles. The van der Waals surface area contributed by atoms with Gasteiger partial charge in [0.1, 0.15) is 12.2 Å². The average molecular weight is 463 g/mol. The molecule has 2 aliphatic heterocycles. The molecule has 2 amide bonds. The van der Waals surface area contributed by atoms with Crippen molar-refractivity contribution < 1.29 is 9.59 Å². The molecule has 7 heteroatoms. The molecule has 0 aliphatic carbocycles. The molecule has 3 aromatic rings. The molecule has 30 heavy (non-hydrogen) atoms. The predicted molar refractivity (Wildman–Crippen MR) is 117 cm³/mol. The van der Waals surface area contributed by atoms with Crippen LogP contribution in [-0.2, 0) is 16.8 Å². The van der Waals surface area contributed by atoms with Gasteiger partial charge in [-0.05, 0) is 61.8 Å². The van der Waals surface area contributed by atoms with E-state index in [2.05, 4.69) is 27.3 Å². The Hall–Kier alpha value is -2.95. The fraction of sp³-hybridized carbons (Fsp3) is 0.261. The minimum Gasteiger partial charge on any atom is -0.322 e. The van der Waals surface area contributed by atoms with E-state index < -0.39 is 5.41 Å². The van der Waals surface area contributed by atoms with Crippen molar-refractivity contribution >= 4 is 44.3 Å². The number of amides is 2. The van der Waals surface area contributed by atoms with Crippen LogP contribution in [0.2, 0.25) is 0 Å². The van der Waals surface area contributed by atoms with Crippen LogP contribution in [0.5, 0.6) is 0 Å². The Morgan fingerprint density at radius 3 is 2.70 bits per heavy atom. The van der Waals surface area contributed by atoms with E-state index in [-0.39, 0.29) is 18.4 Å². The molecule has 150 valence electrons. The highest BCUT2D eigenvalue weighted by molar-refractivity contribution is 9.10. The van der Waals surface area contributed by atoms with E-state index in [0.717, 1.165) is 34.0 Å². The maximum absolute atomic E-state index is 13.7. The Morgan fingerprint density at radius 2 is 1.93 bits per heavy atom. The van der Waals surface area contributed by atoms with Crippen LogP contribution < -0.4 is 10.2 Å². The van der Waals surface area contributed by atoms with Crippen LogP contribution in [0.3, 0.4) is 0 Å². The van der Waals surface area contributed by atoms with E-state index >= 15 is 0 Å². The zero-order chi connectivity index (χ0) is 20.9. The summed E-state index contributed by atoms with van der Waals surface area (Å²) in [6.07, 6.45) is 1.31. The lowest BCUT2D eigenvalue weighted by Crippen LogP contribution is -2.49. The summed E-state index contributed by atoms with van der Waals surface area (Å²) in [5.74, 6) is -0.554. The molecular weight excluding hydrogens is 444 g/mol. The molecule has 1 spiro atoms. The first-order valence-corrected chi connectivity index (χ1v) is 10.7. The molecule has 1 saturated heterocycles. The molecule has 2 aliphatic rings. The van der Waals surface area contributed by atoms with Crippen LogP contribution >= 0.6 is 15.9 Å². The molecule has 1 aromatic heterocycles. The van der Waals surface area contributed by atoms with Gasteiger partial charge in [-0.3, -0.25) is 9.59 Å². The molecule has 0 bridgehead atoms. The van der Waals surface area contributed by atoms with Crippen LogP contribution in [0.1, 0.15) is 28.9 Å². The number of hydrogen-bond acceptors (Lipinski definition) is 4. The van der Waals surface area contributed by atoms with Crippen molar-refractivity contribution in [3.63, 3.8) is 0 Å². The summed E-state index contributed by atoms with van der Waals surface area (Å²) >= 11 is 3.52. The predicted octanol–water partition coefficient (Wildman–Crippen LogP) is 3.74. The number of aromatic nitrogens is 1. The summed E-state index contributed by atoms with van der Waals surface area (Å²) in [5.41, 5.74) is 2.02. The summed E-state index contributed by atoms with van der Waals surface area (Å²) in [6, 6.07) is 17.1. The summed E-state index contributed by atoms with van der Waals surface area (Å²) in [6.45, 7) is 1.50. The number of nitrogens with one attached hydrogen (secondary N) is 1. The molecule has 1 N–H and O–H groups in total. The first kappa shape index (κ1) is 19.0. The number of fused-ring (bicyclic) bond motifs is 3. The zero-order valence-electron chi connectivity index (χ0n) is 16.2. The molecule has 2 aromatic carbocycles. The third kappa shape index (κ3) is 2.64. The number of hydrogen-bond donors (Lipinski definition) is 1. The summed E-state index contributed by atoms with van der Waals surface area (Å²) in [7, 11) is 0. The van der Waals surface area contributed by atoms with Gasteiger partial charge in [0.05, 0.1) is 17.2 Å². The molecule has 3 heterocycles. The average Bonchev–Trinajstić information content (AvgIpc) is 3.23. The van der Waals surface area contributed by atoms with Crippen molar-refractivity contribution in [2.75, 3.05) is 18.0 Å². The second-order valence-electron chi connectivity index (χ2n) is 7.77. The number of piperidine rings is 1.